The molecule has 1 saturated heterocycles. The van der Waals surface area contributed by atoms with Gasteiger partial charge in [0.2, 0.25) is 0 Å². The van der Waals surface area contributed by atoms with Crippen LogP contribution in [0.1, 0.15) is 33.1 Å². The van der Waals surface area contributed by atoms with E-state index >= 15 is 0 Å². The number of nitrogens with zero attached hydrogens (tertiary/aromatic N) is 1. The molecule has 0 aromatic carbocycles. The van der Waals surface area contributed by atoms with Gasteiger partial charge in [-0.15, -0.1) is 0 Å². The molecule has 1 rings (SSSR count). The van der Waals surface area contributed by atoms with E-state index in [0.29, 0.717) is 5.41 Å². The molecule has 1 aliphatic rings. The van der Waals surface area contributed by atoms with Crippen LogP contribution in [0.25, 0.3) is 0 Å². The number of hydrogen-bond acceptors (Lipinski definition) is 3. The molecule has 0 spiro atoms. The highest BCUT2D eigenvalue weighted by Gasteiger charge is 2.31. The van der Waals surface area contributed by atoms with Gasteiger partial charge in [0.1, 0.15) is 0 Å². The highest BCUT2D eigenvalue weighted by molar-refractivity contribution is 4.85. The Kier molecular flexibility index (Phi) is 5.73. The van der Waals surface area contributed by atoms with Crippen LogP contribution in [0.2, 0.25) is 0 Å². The first-order chi connectivity index (χ1) is 7.69. The summed E-state index contributed by atoms with van der Waals surface area (Å²) in [6.45, 7) is 9.82. The van der Waals surface area contributed by atoms with E-state index in [0.717, 1.165) is 25.6 Å². The van der Waals surface area contributed by atoms with Gasteiger partial charge < -0.3 is 15.4 Å². The zero-order valence-corrected chi connectivity index (χ0v) is 11.2. The minimum atomic E-state index is 0.335. The second-order valence-electron chi connectivity index (χ2n) is 5.26. The standard InChI is InChI=1S/C13H28N2O/c1-4-13(5-2,10-14)11-15-7-6-12(8-15)9-16-3/h12H,4-11,14H2,1-3H3. The van der Waals surface area contributed by atoms with Crippen LogP contribution in [0.15, 0.2) is 0 Å². The zero-order valence-electron chi connectivity index (χ0n) is 11.2. The van der Waals surface area contributed by atoms with Gasteiger partial charge in [-0.2, -0.15) is 0 Å². The van der Waals surface area contributed by atoms with Gasteiger partial charge in [0, 0.05) is 20.2 Å². The Bertz CT molecular complexity index is 184. The van der Waals surface area contributed by atoms with Crippen molar-refractivity contribution in [2.45, 2.75) is 33.1 Å². The third-order valence-corrected chi connectivity index (χ3v) is 4.26. The Labute approximate surface area is 100 Å². The molecule has 96 valence electrons. The van der Waals surface area contributed by atoms with Gasteiger partial charge >= 0.3 is 0 Å². The van der Waals surface area contributed by atoms with Gasteiger partial charge in [-0.25, -0.2) is 0 Å². The van der Waals surface area contributed by atoms with Crippen LogP contribution in [-0.2, 0) is 4.74 Å². The molecule has 0 radical (unpaired) electrons. The lowest BCUT2D eigenvalue weighted by Crippen LogP contribution is -2.41. The van der Waals surface area contributed by atoms with Gasteiger partial charge in [0.25, 0.3) is 0 Å². The van der Waals surface area contributed by atoms with Crippen LogP contribution >= 0.6 is 0 Å². The smallest absolute Gasteiger partial charge is 0.0503 e. The number of methoxy groups -OCH3 is 1. The molecule has 0 aromatic rings. The topological polar surface area (TPSA) is 38.5 Å². The fraction of sp³-hybridized carbons (Fsp3) is 1.00. The molecular weight excluding hydrogens is 200 g/mol. The summed E-state index contributed by atoms with van der Waals surface area (Å²) in [5.74, 6) is 0.731. The molecule has 0 bridgehead atoms. The van der Waals surface area contributed by atoms with Crippen molar-refractivity contribution in [2.75, 3.05) is 39.9 Å². The van der Waals surface area contributed by atoms with Gasteiger partial charge in [-0.05, 0) is 43.7 Å². The van der Waals surface area contributed by atoms with Crippen LogP contribution in [0.3, 0.4) is 0 Å². The average Bonchev–Trinajstić information content (AvgIpc) is 2.74. The van der Waals surface area contributed by atoms with E-state index in [2.05, 4.69) is 18.7 Å². The SMILES string of the molecule is CCC(CC)(CN)CN1CCC(COC)C1. The first-order valence-corrected chi connectivity index (χ1v) is 6.61. The summed E-state index contributed by atoms with van der Waals surface area (Å²) >= 11 is 0. The van der Waals surface area contributed by atoms with Crippen molar-refractivity contribution in [1.82, 2.24) is 4.90 Å². The summed E-state index contributed by atoms with van der Waals surface area (Å²) in [6.07, 6.45) is 3.65. The first kappa shape index (κ1) is 13.9. The van der Waals surface area contributed by atoms with Crippen LogP contribution in [0, 0.1) is 11.3 Å². The molecule has 1 heterocycles. The molecule has 3 heteroatoms. The predicted molar refractivity (Wildman–Crippen MR) is 68.5 cm³/mol. The lowest BCUT2D eigenvalue weighted by Gasteiger charge is -2.34. The maximum absolute atomic E-state index is 5.95. The van der Waals surface area contributed by atoms with E-state index in [1.165, 1.54) is 32.4 Å². The molecule has 3 nitrogen and oxygen atoms in total. The zero-order chi connectivity index (χ0) is 12.0. The highest BCUT2D eigenvalue weighted by atomic mass is 16.5. The molecule has 1 unspecified atom stereocenters. The molecule has 0 amide bonds. The van der Waals surface area contributed by atoms with Crippen molar-refractivity contribution in [3.05, 3.63) is 0 Å². The van der Waals surface area contributed by atoms with Crippen molar-refractivity contribution in [3.8, 4) is 0 Å². The largest absolute Gasteiger partial charge is 0.384 e. The highest BCUT2D eigenvalue weighted by Crippen LogP contribution is 2.28. The molecule has 1 aliphatic heterocycles. The molecule has 0 saturated carbocycles. The monoisotopic (exact) mass is 228 g/mol. The molecule has 2 N–H and O–H groups in total. The third-order valence-electron chi connectivity index (χ3n) is 4.26. The van der Waals surface area contributed by atoms with E-state index in [1.54, 1.807) is 7.11 Å². The second kappa shape index (κ2) is 6.58. The molecule has 0 aromatic heterocycles. The Hall–Kier alpha value is -0.120. The third kappa shape index (κ3) is 3.44. The van der Waals surface area contributed by atoms with E-state index in [9.17, 15) is 0 Å². The summed E-state index contributed by atoms with van der Waals surface area (Å²) in [5, 5.41) is 0. The van der Waals surface area contributed by atoms with E-state index < -0.39 is 0 Å². The van der Waals surface area contributed by atoms with Crippen LogP contribution in [0.5, 0.6) is 0 Å². The van der Waals surface area contributed by atoms with Crippen molar-refractivity contribution in [2.24, 2.45) is 17.1 Å². The number of nitrogens with two attached hydrogens (primary N) is 1. The van der Waals surface area contributed by atoms with Crippen LogP contribution in [0.4, 0.5) is 0 Å². The summed E-state index contributed by atoms with van der Waals surface area (Å²) in [5.41, 5.74) is 6.28. The number of likely N-dealkylation sites (tertiary alicyclic amines) is 1. The Morgan fingerprint density at radius 3 is 2.56 bits per heavy atom. The number of rotatable bonds is 7. The van der Waals surface area contributed by atoms with Crippen molar-refractivity contribution < 1.29 is 4.74 Å². The Morgan fingerprint density at radius 1 is 1.38 bits per heavy atom. The minimum Gasteiger partial charge on any atom is -0.384 e. The Balaban J connectivity index is 2.42. The van der Waals surface area contributed by atoms with Crippen molar-refractivity contribution in [3.63, 3.8) is 0 Å². The normalized spacial score (nSPS) is 22.9. The molecule has 0 aliphatic carbocycles. The number of ether oxygens (including phenoxy) is 1. The van der Waals surface area contributed by atoms with E-state index in [-0.39, 0.29) is 0 Å². The van der Waals surface area contributed by atoms with E-state index in [4.69, 9.17) is 10.5 Å². The van der Waals surface area contributed by atoms with Gasteiger partial charge in [0.05, 0.1) is 6.61 Å². The fourth-order valence-electron chi connectivity index (χ4n) is 2.73. The molecular formula is C13H28N2O. The average molecular weight is 228 g/mol. The summed E-state index contributed by atoms with van der Waals surface area (Å²) in [7, 11) is 1.80. The molecule has 1 fully saturated rings. The first-order valence-electron chi connectivity index (χ1n) is 6.61. The molecule has 1 atom stereocenters. The molecule has 16 heavy (non-hydrogen) atoms. The maximum Gasteiger partial charge on any atom is 0.0503 e. The Morgan fingerprint density at radius 2 is 2.06 bits per heavy atom. The summed E-state index contributed by atoms with van der Waals surface area (Å²) in [4.78, 5) is 2.57. The predicted octanol–water partition coefficient (Wildman–Crippen LogP) is 1.72. The van der Waals surface area contributed by atoms with Gasteiger partial charge in [-0.3, -0.25) is 0 Å². The van der Waals surface area contributed by atoms with Gasteiger partial charge in [-0.1, -0.05) is 13.8 Å². The minimum absolute atomic E-state index is 0.335. The van der Waals surface area contributed by atoms with Crippen LogP contribution in [-0.4, -0.2) is 44.8 Å². The van der Waals surface area contributed by atoms with Crippen LogP contribution < -0.4 is 5.73 Å². The van der Waals surface area contributed by atoms with Gasteiger partial charge in [0.15, 0.2) is 0 Å². The maximum atomic E-state index is 5.95. The summed E-state index contributed by atoms with van der Waals surface area (Å²) < 4.78 is 5.23. The number of hydrogen-bond donors (Lipinski definition) is 1. The van der Waals surface area contributed by atoms with Crippen molar-refractivity contribution in [1.29, 1.82) is 0 Å². The fourth-order valence-corrected chi connectivity index (χ4v) is 2.73. The van der Waals surface area contributed by atoms with E-state index in [1.807, 2.05) is 0 Å². The second-order valence-corrected chi connectivity index (χ2v) is 5.26. The lowest BCUT2D eigenvalue weighted by atomic mass is 9.82. The summed E-state index contributed by atoms with van der Waals surface area (Å²) in [6, 6.07) is 0. The lowest BCUT2D eigenvalue weighted by molar-refractivity contribution is 0.135. The quantitative estimate of drug-likeness (QED) is 0.721. The van der Waals surface area contributed by atoms with Crippen molar-refractivity contribution >= 4 is 0 Å².